The minimum atomic E-state index is -5.88. The van der Waals surface area contributed by atoms with Crippen molar-refractivity contribution < 1.29 is 31.7 Å². The predicted octanol–water partition coefficient (Wildman–Crippen LogP) is 4.55. The van der Waals surface area contributed by atoms with Gasteiger partial charge < -0.3 is 10.5 Å². The Morgan fingerprint density at radius 1 is 0.963 bits per heavy atom. The molecule has 27 heavy (non-hydrogen) atoms. The molecule has 3 aromatic rings. The van der Waals surface area contributed by atoms with Crippen LogP contribution in [0.15, 0.2) is 48.5 Å². The molecule has 2 aromatic carbocycles. The molecule has 3 rings (SSSR count). The van der Waals surface area contributed by atoms with Crippen LogP contribution in [-0.2, 0) is 5.92 Å². The van der Waals surface area contributed by atoms with Gasteiger partial charge in [0.05, 0.1) is 11.1 Å². The van der Waals surface area contributed by atoms with E-state index in [0.717, 1.165) is 0 Å². The number of fused-ring (bicyclic) bond motifs is 1. The number of pyridine rings is 1. The van der Waals surface area contributed by atoms with Crippen molar-refractivity contribution in [1.29, 1.82) is 5.26 Å². The maximum absolute atomic E-state index is 13.8. The number of nitrogens with two attached hydrogens (primary N) is 1. The molecule has 0 bridgehead atoms. The van der Waals surface area contributed by atoms with Crippen LogP contribution in [0.3, 0.4) is 0 Å². The lowest BCUT2D eigenvalue weighted by molar-refractivity contribution is -0.414. The van der Waals surface area contributed by atoms with Crippen LogP contribution in [-0.4, -0.2) is 6.18 Å². The van der Waals surface area contributed by atoms with Gasteiger partial charge in [-0.2, -0.15) is 27.2 Å². The molecule has 0 aliphatic rings. The molecule has 4 nitrogen and oxygen atoms in total. The number of hydrogen-bond acceptors (Lipinski definition) is 3. The molecule has 0 atom stereocenters. The monoisotopic (exact) mass is 380 g/mol. The number of nitrogens with one attached hydrogen (secondary N) is 1. The van der Waals surface area contributed by atoms with Gasteiger partial charge in [0.25, 0.3) is 5.69 Å². The molecule has 0 saturated heterocycles. The first kappa shape index (κ1) is 18.4. The van der Waals surface area contributed by atoms with Crippen molar-refractivity contribution in [2.24, 2.45) is 0 Å². The molecule has 0 saturated carbocycles. The second-order valence-corrected chi connectivity index (χ2v) is 5.60. The quantitative estimate of drug-likeness (QED) is 0.678. The van der Waals surface area contributed by atoms with Crippen molar-refractivity contribution in [2.75, 3.05) is 5.73 Å². The van der Waals surface area contributed by atoms with Crippen molar-refractivity contribution in [2.45, 2.75) is 12.1 Å². The van der Waals surface area contributed by atoms with Gasteiger partial charge in [-0.25, -0.2) is 4.98 Å². The Morgan fingerprint density at radius 3 is 2.22 bits per heavy atom. The normalized spacial score (nSPS) is 12.0. The fourth-order valence-corrected chi connectivity index (χ4v) is 2.50. The zero-order valence-electron chi connectivity index (χ0n) is 13.4. The van der Waals surface area contributed by atoms with E-state index in [-0.39, 0.29) is 16.7 Å². The first-order valence-corrected chi connectivity index (χ1v) is 7.51. The summed E-state index contributed by atoms with van der Waals surface area (Å²) in [7, 11) is 0. The Balaban J connectivity index is 2.16. The molecule has 1 heterocycles. The molecule has 3 N–H and O–H groups in total. The van der Waals surface area contributed by atoms with Crippen molar-refractivity contribution >= 4 is 16.6 Å². The van der Waals surface area contributed by atoms with Crippen LogP contribution in [0.4, 0.5) is 27.6 Å². The number of hydrogen-bond donors (Lipinski definition) is 1. The van der Waals surface area contributed by atoms with Crippen LogP contribution in [0.1, 0.15) is 11.3 Å². The molecule has 0 spiro atoms. The molecule has 0 aliphatic carbocycles. The molecule has 0 amide bonds. The number of benzene rings is 2. The summed E-state index contributed by atoms with van der Waals surface area (Å²) in [5.41, 5.74) is 2.58. The zero-order chi connectivity index (χ0) is 19.8. The van der Waals surface area contributed by atoms with Gasteiger partial charge >= 0.3 is 12.1 Å². The van der Waals surface area contributed by atoms with E-state index in [9.17, 15) is 22.0 Å². The number of halogens is 5. The average molecular weight is 380 g/mol. The maximum atomic E-state index is 13.8. The van der Waals surface area contributed by atoms with Crippen molar-refractivity contribution in [3.8, 4) is 17.6 Å². The van der Waals surface area contributed by atoms with Crippen LogP contribution in [0.25, 0.3) is 10.9 Å². The summed E-state index contributed by atoms with van der Waals surface area (Å²) < 4.78 is 71.4. The van der Waals surface area contributed by atoms with Crippen molar-refractivity contribution in [3.05, 3.63) is 59.8 Å². The highest BCUT2D eigenvalue weighted by Gasteiger charge is 2.64. The molecular formula is C18H11F5N3O+. The van der Waals surface area contributed by atoms with Gasteiger partial charge in [0.15, 0.2) is 0 Å². The summed E-state index contributed by atoms with van der Waals surface area (Å²) in [5, 5.41) is 9.20. The first-order valence-electron chi connectivity index (χ1n) is 7.51. The molecule has 0 radical (unpaired) electrons. The molecule has 0 aliphatic heterocycles. The topological polar surface area (TPSA) is 73.2 Å². The molecule has 1 aromatic heterocycles. The Morgan fingerprint density at radius 2 is 1.63 bits per heavy atom. The van der Waals surface area contributed by atoms with Gasteiger partial charge in [0, 0.05) is 6.07 Å². The van der Waals surface area contributed by atoms with E-state index in [1.165, 1.54) is 24.3 Å². The van der Waals surface area contributed by atoms with Gasteiger partial charge in [0.1, 0.15) is 23.1 Å². The summed E-state index contributed by atoms with van der Waals surface area (Å²) in [4.78, 5) is 2.00. The summed E-state index contributed by atoms with van der Waals surface area (Å²) in [6.45, 7) is 0. The standard InChI is InChI=1S/C18H10F5N3O/c19-17(20,18(21,22)23)16-13(9-24)15(25)12-8-11(6-7-14(12)26-16)27-10-4-2-1-3-5-10/h1-8H,(H2,25,26)/p+1. The number of nitriles is 1. The number of aromatic nitrogens is 1. The molecular weight excluding hydrogens is 369 g/mol. The van der Waals surface area contributed by atoms with Gasteiger partial charge in [-0.1, -0.05) is 18.2 Å². The number of aromatic amines is 1. The third-order valence-corrected chi connectivity index (χ3v) is 3.82. The molecule has 9 heteroatoms. The maximum Gasteiger partial charge on any atom is 0.464 e. The Kier molecular flexibility index (Phi) is 4.35. The highest BCUT2D eigenvalue weighted by Crippen LogP contribution is 2.45. The first-order chi connectivity index (χ1) is 12.6. The second-order valence-electron chi connectivity index (χ2n) is 5.60. The minimum absolute atomic E-state index is 0.0849. The SMILES string of the molecule is N#Cc1c(C(F)(F)C(F)(F)F)[nH+]c2ccc(Oc3ccccc3)cc2c1N. The summed E-state index contributed by atoms with van der Waals surface area (Å²) >= 11 is 0. The lowest BCUT2D eigenvalue weighted by Gasteiger charge is -2.17. The van der Waals surface area contributed by atoms with Crippen molar-refractivity contribution in [1.82, 2.24) is 0 Å². The Bertz CT molecular complexity index is 1040. The van der Waals surface area contributed by atoms with E-state index >= 15 is 0 Å². The third-order valence-electron chi connectivity index (χ3n) is 3.82. The number of para-hydroxylation sites is 1. The number of rotatable bonds is 3. The number of H-pyrrole nitrogens is 1. The van der Waals surface area contributed by atoms with E-state index < -0.39 is 29.0 Å². The lowest BCUT2D eigenvalue weighted by atomic mass is 10.0. The molecule has 0 unspecified atom stereocenters. The van der Waals surface area contributed by atoms with Crippen LogP contribution in [0.2, 0.25) is 0 Å². The highest BCUT2D eigenvalue weighted by atomic mass is 19.4. The van der Waals surface area contributed by atoms with Crippen LogP contribution in [0, 0.1) is 11.3 Å². The lowest BCUT2D eigenvalue weighted by Crippen LogP contribution is -2.40. The van der Waals surface area contributed by atoms with Gasteiger partial charge in [0.2, 0.25) is 5.52 Å². The fourth-order valence-electron chi connectivity index (χ4n) is 2.50. The van der Waals surface area contributed by atoms with Gasteiger partial charge in [-0.15, -0.1) is 0 Å². The highest BCUT2D eigenvalue weighted by molar-refractivity contribution is 5.92. The zero-order valence-corrected chi connectivity index (χ0v) is 13.4. The van der Waals surface area contributed by atoms with E-state index in [1.807, 2.05) is 4.98 Å². The van der Waals surface area contributed by atoms with E-state index in [4.69, 9.17) is 15.7 Å². The van der Waals surface area contributed by atoms with E-state index in [2.05, 4.69) is 0 Å². The largest absolute Gasteiger partial charge is 0.464 e. The number of ether oxygens (including phenoxy) is 1. The van der Waals surface area contributed by atoms with E-state index in [1.54, 1.807) is 30.3 Å². The number of nitrogens with zero attached hydrogens (tertiary/aromatic N) is 1. The number of anilines is 1. The predicted molar refractivity (Wildman–Crippen MR) is 86.1 cm³/mol. The summed E-state index contributed by atoms with van der Waals surface area (Å²) in [5.74, 6) is -4.51. The Labute approximate surface area is 149 Å². The third kappa shape index (κ3) is 3.21. The average Bonchev–Trinajstić information content (AvgIpc) is 2.62. The molecule has 138 valence electrons. The van der Waals surface area contributed by atoms with E-state index in [0.29, 0.717) is 5.75 Å². The molecule has 0 fully saturated rings. The van der Waals surface area contributed by atoms with Gasteiger partial charge in [-0.05, 0) is 24.3 Å². The second kappa shape index (κ2) is 6.39. The fraction of sp³-hybridized carbons (Fsp3) is 0.111. The van der Waals surface area contributed by atoms with Crippen LogP contribution < -0.4 is 15.5 Å². The van der Waals surface area contributed by atoms with Crippen molar-refractivity contribution in [3.63, 3.8) is 0 Å². The van der Waals surface area contributed by atoms with Crippen LogP contribution >= 0.6 is 0 Å². The number of nitrogen functional groups attached to an aromatic ring is 1. The van der Waals surface area contributed by atoms with Crippen LogP contribution in [0.5, 0.6) is 11.5 Å². The van der Waals surface area contributed by atoms with Gasteiger partial charge in [-0.3, -0.25) is 0 Å². The smallest absolute Gasteiger partial charge is 0.457 e. The summed E-state index contributed by atoms with van der Waals surface area (Å²) in [6, 6.07) is 13.9. The Hall–Kier alpha value is -3.41. The minimum Gasteiger partial charge on any atom is -0.457 e. The summed E-state index contributed by atoms with van der Waals surface area (Å²) in [6.07, 6.45) is -5.88. The number of alkyl halides is 5.